The Balaban J connectivity index is 2.35. The summed E-state index contributed by atoms with van der Waals surface area (Å²) < 4.78 is 10.5. The molecule has 1 atom stereocenters. The van der Waals surface area contributed by atoms with Crippen LogP contribution in [0.25, 0.3) is 0 Å². The van der Waals surface area contributed by atoms with E-state index in [2.05, 4.69) is 0 Å². The standard InChI is InChI=1S/C15H21NO4/c1-19-11-6-7-12(13(10-11)20-2)14(15(17)18)16-8-4-3-5-9-16/h6-7,10,14H,3-5,8-9H2,1-2H3,(H,17,18). The van der Waals surface area contributed by atoms with Crippen LogP contribution in [0.3, 0.4) is 0 Å². The number of rotatable bonds is 5. The number of carboxylic acids is 1. The minimum Gasteiger partial charge on any atom is -0.497 e. The molecule has 1 fully saturated rings. The van der Waals surface area contributed by atoms with E-state index < -0.39 is 12.0 Å². The van der Waals surface area contributed by atoms with Crippen molar-refractivity contribution in [3.63, 3.8) is 0 Å². The normalized spacial score (nSPS) is 17.5. The molecule has 20 heavy (non-hydrogen) atoms. The zero-order valence-corrected chi connectivity index (χ0v) is 12.0. The minimum absolute atomic E-state index is 0.558. The lowest BCUT2D eigenvalue weighted by Crippen LogP contribution is -2.38. The maximum Gasteiger partial charge on any atom is 0.325 e. The van der Waals surface area contributed by atoms with Crippen LogP contribution in [0.2, 0.25) is 0 Å². The van der Waals surface area contributed by atoms with Crippen LogP contribution in [-0.2, 0) is 4.79 Å². The van der Waals surface area contributed by atoms with E-state index in [1.54, 1.807) is 32.4 Å². The van der Waals surface area contributed by atoms with Gasteiger partial charge >= 0.3 is 5.97 Å². The van der Waals surface area contributed by atoms with Crippen LogP contribution in [0, 0.1) is 0 Å². The van der Waals surface area contributed by atoms with Crippen molar-refractivity contribution < 1.29 is 19.4 Å². The monoisotopic (exact) mass is 279 g/mol. The zero-order valence-electron chi connectivity index (χ0n) is 12.0. The molecule has 1 aromatic rings. The second kappa shape index (κ2) is 6.61. The molecule has 1 aliphatic rings. The smallest absolute Gasteiger partial charge is 0.325 e. The highest BCUT2D eigenvalue weighted by Gasteiger charge is 2.30. The summed E-state index contributed by atoms with van der Waals surface area (Å²) >= 11 is 0. The van der Waals surface area contributed by atoms with E-state index in [0.717, 1.165) is 25.9 Å². The quantitative estimate of drug-likeness (QED) is 0.896. The number of methoxy groups -OCH3 is 2. The predicted octanol–water partition coefficient (Wildman–Crippen LogP) is 2.32. The van der Waals surface area contributed by atoms with Crippen molar-refractivity contribution in [1.82, 2.24) is 4.90 Å². The van der Waals surface area contributed by atoms with Gasteiger partial charge in [0.2, 0.25) is 0 Å². The summed E-state index contributed by atoms with van der Waals surface area (Å²) in [6.45, 7) is 1.62. The molecule has 1 aliphatic heterocycles. The SMILES string of the molecule is COc1ccc(C(C(=O)O)N2CCCCC2)c(OC)c1. The molecule has 1 unspecified atom stereocenters. The van der Waals surface area contributed by atoms with E-state index >= 15 is 0 Å². The molecule has 0 aromatic heterocycles. The molecule has 1 heterocycles. The molecule has 0 aliphatic carbocycles. The fourth-order valence-electron chi connectivity index (χ4n) is 2.71. The number of nitrogens with zero attached hydrogens (tertiary/aromatic N) is 1. The molecule has 1 N–H and O–H groups in total. The van der Waals surface area contributed by atoms with E-state index in [9.17, 15) is 9.90 Å². The first kappa shape index (κ1) is 14.7. The third kappa shape index (κ3) is 3.04. The molecule has 0 radical (unpaired) electrons. The van der Waals surface area contributed by atoms with E-state index in [4.69, 9.17) is 9.47 Å². The number of aliphatic carboxylic acids is 1. The molecule has 0 saturated carbocycles. The highest BCUT2D eigenvalue weighted by atomic mass is 16.5. The van der Waals surface area contributed by atoms with Gasteiger partial charge in [0.1, 0.15) is 17.5 Å². The highest BCUT2D eigenvalue weighted by molar-refractivity contribution is 5.77. The number of benzene rings is 1. The first-order valence-electron chi connectivity index (χ1n) is 6.86. The third-order valence-electron chi connectivity index (χ3n) is 3.72. The largest absolute Gasteiger partial charge is 0.497 e. The van der Waals surface area contributed by atoms with Crippen molar-refractivity contribution in [2.45, 2.75) is 25.3 Å². The number of carbonyl (C=O) groups is 1. The van der Waals surface area contributed by atoms with Crippen LogP contribution in [0.15, 0.2) is 18.2 Å². The predicted molar refractivity (Wildman–Crippen MR) is 75.3 cm³/mol. The molecule has 0 bridgehead atoms. The van der Waals surface area contributed by atoms with Gasteiger partial charge in [0, 0.05) is 11.6 Å². The van der Waals surface area contributed by atoms with Gasteiger partial charge in [-0.05, 0) is 38.1 Å². The lowest BCUT2D eigenvalue weighted by atomic mass is 10.0. The Hall–Kier alpha value is -1.75. The van der Waals surface area contributed by atoms with Crippen molar-refractivity contribution >= 4 is 5.97 Å². The van der Waals surface area contributed by atoms with Crippen LogP contribution in [0.1, 0.15) is 30.9 Å². The number of piperidine rings is 1. The van der Waals surface area contributed by atoms with Gasteiger partial charge in [0.15, 0.2) is 0 Å². The summed E-state index contributed by atoms with van der Waals surface area (Å²) in [6.07, 6.45) is 3.26. The van der Waals surface area contributed by atoms with Crippen molar-refractivity contribution in [2.24, 2.45) is 0 Å². The van der Waals surface area contributed by atoms with E-state index in [1.165, 1.54) is 6.42 Å². The van der Waals surface area contributed by atoms with Crippen LogP contribution < -0.4 is 9.47 Å². The second-order valence-corrected chi connectivity index (χ2v) is 4.95. The average Bonchev–Trinajstić information content (AvgIpc) is 2.48. The van der Waals surface area contributed by atoms with Crippen molar-refractivity contribution in [3.8, 4) is 11.5 Å². The molecule has 1 saturated heterocycles. The van der Waals surface area contributed by atoms with Crippen LogP contribution in [-0.4, -0.2) is 43.3 Å². The summed E-state index contributed by atoms with van der Waals surface area (Å²) in [6, 6.07) is 4.63. The number of carboxylic acid groups (broad SMARTS) is 1. The lowest BCUT2D eigenvalue weighted by Gasteiger charge is -2.32. The van der Waals surface area contributed by atoms with Gasteiger partial charge in [-0.25, -0.2) is 0 Å². The molecular formula is C15H21NO4. The van der Waals surface area contributed by atoms with E-state index in [1.807, 2.05) is 4.90 Å². The first-order valence-corrected chi connectivity index (χ1v) is 6.86. The molecule has 2 rings (SSSR count). The molecule has 5 nitrogen and oxygen atoms in total. The van der Waals surface area contributed by atoms with Crippen molar-refractivity contribution in [3.05, 3.63) is 23.8 Å². The minimum atomic E-state index is -0.838. The highest BCUT2D eigenvalue weighted by Crippen LogP contribution is 2.34. The fourth-order valence-corrected chi connectivity index (χ4v) is 2.71. The van der Waals surface area contributed by atoms with Gasteiger partial charge in [0.05, 0.1) is 14.2 Å². The van der Waals surface area contributed by atoms with E-state index in [-0.39, 0.29) is 0 Å². The van der Waals surface area contributed by atoms with Gasteiger partial charge in [0.25, 0.3) is 0 Å². The molecule has 110 valence electrons. The maximum atomic E-state index is 11.7. The third-order valence-corrected chi connectivity index (χ3v) is 3.72. The Kier molecular flexibility index (Phi) is 4.84. The Labute approximate surface area is 119 Å². The van der Waals surface area contributed by atoms with Gasteiger partial charge in [-0.3, -0.25) is 9.69 Å². The summed E-state index contributed by atoms with van der Waals surface area (Å²) in [5.41, 5.74) is 0.683. The molecule has 1 aromatic carbocycles. The fraction of sp³-hybridized carbons (Fsp3) is 0.533. The number of hydrogen-bond acceptors (Lipinski definition) is 4. The van der Waals surface area contributed by atoms with Gasteiger partial charge in [-0.1, -0.05) is 6.42 Å². The molecular weight excluding hydrogens is 258 g/mol. The molecule has 0 amide bonds. The first-order chi connectivity index (χ1) is 9.67. The van der Waals surface area contributed by atoms with Crippen LogP contribution >= 0.6 is 0 Å². The summed E-state index contributed by atoms with van der Waals surface area (Å²) in [5, 5.41) is 9.60. The Morgan fingerprint density at radius 2 is 1.90 bits per heavy atom. The van der Waals surface area contributed by atoms with E-state index in [0.29, 0.717) is 17.1 Å². The Morgan fingerprint density at radius 3 is 2.45 bits per heavy atom. The summed E-state index contributed by atoms with van der Waals surface area (Å²) in [7, 11) is 3.13. The molecule has 5 heteroatoms. The van der Waals surface area contributed by atoms with Gasteiger partial charge in [-0.15, -0.1) is 0 Å². The van der Waals surface area contributed by atoms with Crippen molar-refractivity contribution in [2.75, 3.05) is 27.3 Å². The average molecular weight is 279 g/mol. The Morgan fingerprint density at radius 1 is 1.20 bits per heavy atom. The second-order valence-electron chi connectivity index (χ2n) is 4.95. The van der Waals surface area contributed by atoms with Crippen LogP contribution in [0.5, 0.6) is 11.5 Å². The number of hydrogen-bond donors (Lipinski definition) is 1. The van der Waals surface area contributed by atoms with Gasteiger partial charge < -0.3 is 14.6 Å². The number of likely N-dealkylation sites (tertiary alicyclic amines) is 1. The topological polar surface area (TPSA) is 59.0 Å². The maximum absolute atomic E-state index is 11.7. The Bertz CT molecular complexity index is 469. The number of ether oxygens (including phenoxy) is 2. The van der Waals surface area contributed by atoms with Gasteiger partial charge in [-0.2, -0.15) is 0 Å². The summed E-state index contributed by atoms with van der Waals surface area (Å²) in [4.78, 5) is 13.7. The lowest BCUT2D eigenvalue weighted by molar-refractivity contribution is -0.144. The molecule has 0 spiro atoms. The summed E-state index contributed by atoms with van der Waals surface area (Å²) in [5.74, 6) is 0.381. The zero-order chi connectivity index (χ0) is 14.5. The van der Waals surface area contributed by atoms with Crippen molar-refractivity contribution in [1.29, 1.82) is 0 Å². The van der Waals surface area contributed by atoms with Crippen LogP contribution in [0.4, 0.5) is 0 Å².